The summed E-state index contributed by atoms with van der Waals surface area (Å²) < 4.78 is 6.08. The third-order valence-electron chi connectivity index (χ3n) is 8.18. The number of carbonyl (C=O) groups is 2. The number of thiazole rings is 1. The van der Waals surface area contributed by atoms with Crippen molar-refractivity contribution in [3.63, 3.8) is 0 Å². The molecule has 0 aliphatic carbocycles. The summed E-state index contributed by atoms with van der Waals surface area (Å²) in [6, 6.07) is -0.290. The molecule has 0 saturated carbocycles. The predicted molar refractivity (Wildman–Crippen MR) is 147 cm³/mol. The van der Waals surface area contributed by atoms with Crippen LogP contribution >= 0.6 is 11.3 Å². The summed E-state index contributed by atoms with van der Waals surface area (Å²) in [7, 11) is 0. The molecule has 1 aromatic rings. The first-order valence-corrected chi connectivity index (χ1v) is 14.3. The average Bonchev–Trinajstić information content (AvgIpc) is 3.26. The number of epoxide rings is 1. The first-order valence-electron chi connectivity index (χ1n) is 13.5. The number of nitrogens with one attached hydrogen (secondary N) is 1. The van der Waals surface area contributed by atoms with Crippen LogP contribution in [0.1, 0.15) is 83.3 Å². The minimum atomic E-state index is -1.19. The number of amides is 1. The van der Waals surface area contributed by atoms with Crippen molar-refractivity contribution in [1.82, 2.24) is 10.3 Å². The molecule has 8 heteroatoms. The second-order valence-corrected chi connectivity index (χ2v) is 12.7. The minimum absolute atomic E-state index is 0.0102. The van der Waals surface area contributed by atoms with Crippen LogP contribution in [0.2, 0.25) is 0 Å². The van der Waals surface area contributed by atoms with Gasteiger partial charge in [-0.15, -0.1) is 17.9 Å². The third-order valence-corrected chi connectivity index (χ3v) is 8.97. The van der Waals surface area contributed by atoms with Crippen LogP contribution in [0.15, 0.2) is 24.1 Å². The van der Waals surface area contributed by atoms with E-state index in [0.29, 0.717) is 19.3 Å². The average molecular weight is 533 g/mol. The SMILES string of the molecule is C=CCCC1C(=O)C(C)(C)C(O)CC(=O)NC(C=Cc2csc(C)n2)CC2OC2(C)CCCC(C)C1O. The van der Waals surface area contributed by atoms with Gasteiger partial charge in [0.15, 0.2) is 0 Å². The number of hydrogen-bond acceptors (Lipinski definition) is 7. The summed E-state index contributed by atoms with van der Waals surface area (Å²) in [5, 5.41) is 28.2. The van der Waals surface area contributed by atoms with E-state index in [0.717, 1.165) is 30.0 Å². The molecule has 0 radical (unpaired) electrons. The van der Waals surface area contributed by atoms with Crippen molar-refractivity contribution >= 4 is 29.1 Å². The summed E-state index contributed by atoms with van der Waals surface area (Å²) >= 11 is 1.57. The lowest BCUT2D eigenvalue weighted by Crippen LogP contribution is -2.48. The van der Waals surface area contributed by atoms with Crippen molar-refractivity contribution in [2.24, 2.45) is 17.3 Å². The van der Waals surface area contributed by atoms with Crippen LogP contribution < -0.4 is 5.32 Å². The molecule has 7 unspecified atom stereocenters. The van der Waals surface area contributed by atoms with Gasteiger partial charge in [-0.25, -0.2) is 4.98 Å². The Balaban J connectivity index is 1.84. The summed E-state index contributed by atoms with van der Waals surface area (Å²) in [4.78, 5) is 31.2. The maximum Gasteiger partial charge on any atom is 0.223 e. The molecule has 37 heavy (non-hydrogen) atoms. The van der Waals surface area contributed by atoms with E-state index in [4.69, 9.17) is 4.74 Å². The molecule has 3 N–H and O–H groups in total. The number of ketones is 1. The number of ether oxygens (including phenoxy) is 1. The van der Waals surface area contributed by atoms with Crippen molar-refractivity contribution in [2.45, 2.75) is 110 Å². The second kappa shape index (κ2) is 12.3. The fraction of sp³-hybridized carbons (Fsp3) is 0.690. The van der Waals surface area contributed by atoms with Crippen LogP contribution in [-0.2, 0) is 14.3 Å². The summed E-state index contributed by atoms with van der Waals surface area (Å²) in [5.41, 5.74) is -0.619. The van der Waals surface area contributed by atoms with Crippen LogP contribution in [0, 0.1) is 24.2 Å². The molecule has 2 aliphatic heterocycles. The van der Waals surface area contributed by atoms with Gasteiger partial charge in [-0.2, -0.15) is 0 Å². The lowest BCUT2D eigenvalue weighted by Gasteiger charge is -2.36. The Kier molecular flexibility index (Phi) is 9.89. The smallest absolute Gasteiger partial charge is 0.223 e. The van der Waals surface area contributed by atoms with E-state index in [1.54, 1.807) is 31.3 Å². The molecule has 3 rings (SSSR count). The number of fused-ring (bicyclic) bond motifs is 1. The van der Waals surface area contributed by atoms with E-state index in [9.17, 15) is 19.8 Å². The van der Waals surface area contributed by atoms with Gasteiger partial charge in [-0.05, 0) is 51.5 Å². The molecular formula is C29H44N2O5S. The second-order valence-electron chi connectivity index (χ2n) is 11.6. The molecule has 2 fully saturated rings. The van der Waals surface area contributed by atoms with Gasteiger partial charge in [0.2, 0.25) is 5.91 Å². The van der Waals surface area contributed by atoms with Crippen LogP contribution in [0.4, 0.5) is 0 Å². The monoisotopic (exact) mass is 532 g/mol. The lowest BCUT2D eigenvalue weighted by atomic mass is 9.71. The molecule has 2 aliphatic rings. The van der Waals surface area contributed by atoms with Crippen molar-refractivity contribution in [1.29, 1.82) is 0 Å². The van der Waals surface area contributed by atoms with Gasteiger partial charge >= 0.3 is 0 Å². The normalized spacial score (nSPS) is 35.6. The number of nitrogens with zero attached hydrogens (tertiary/aromatic N) is 1. The molecule has 206 valence electrons. The zero-order valence-corrected chi connectivity index (χ0v) is 23.7. The van der Waals surface area contributed by atoms with Crippen molar-refractivity contribution in [3.8, 4) is 0 Å². The van der Waals surface area contributed by atoms with Gasteiger partial charge in [0.05, 0.1) is 52.5 Å². The van der Waals surface area contributed by atoms with Gasteiger partial charge in [0.1, 0.15) is 5.78 Å². The van der Waals surface area contributed by atoms with E-state index < -0.39 is 23.5 Å². The predicted octanol–water partition coefficient (Wildman–Crippen LogP) is 4.61. The number of aliphatic hydroxyl groups is 2. The maximum atomic E-state index is 13.7. The zero-order valence-electron chi connectivity index (χ0n) is 22.9. The van der Waals surface area contributed by atoms with E-state index in [1.807, 2.05) is 31.4 Å². The largest absolute Gasteiger partial charge is 0.392 e. The van der Waals surface area contributed by atoms with Gasteiger partial charge < -0.3 is 20.3 Å². The number of aromatic nitrogens is 1. The fourth-order valence-corrected chi connectivity index (χ4v) is 5.91. The van der Waals surface area contributed by atoms with Crippen LogP contribution in [0.5, 0.6) is 0 Å². The van der Waals surface area contributed by atoms with Gasteiger partial charge in [0.25, 0.3) is 0 Å². The number of aryl methyl sites for hydroxylation is 1. The number of rotatable bonds is 5. The molecule has 7 nitrogen and oxygen atoms in total. The highest BCUT2D eigenvalue weighted by molar-refractivity contribution is 7.09. The summed E-state index contributed by atoms with van der Waals surface area (Å²) in [6.45, 7) is 13.1. The highest BCUT2D eigenvalue weighted by Gasteiger charge is 2.52. The third kappa shape index (κ3) is 7.59. The van der Waals surface area contributed by atoms with Crippen LogP contribution in [0.25, 0.3) is 6.08 Å². The Morgan fingerprint density at radius 3 is 2.68 bits per heavy atom. The van der Waals surface area contributed by atoms with Crippen molar-refractivity contribution in [2.75, 3.05) is 0 Å². The molecule has 0 spiro atoms. The van der Waals surface area contributed by atoms with E-state index in [-0.39, 0.29) is 41.8 Å². The summed E-state index contributed by atoms with van der Waals surface area (Å²) in [6.07, 6.45) is 7.53. The molecule has 7 atom stereocenters. The number of hydrogen-bond donors (Lipinski definition) is 3. The van der Waals surface area contributed by atoms with E-state index in [2.05, 4.69) is 23.8 Å². The first-order chi connectivity index (χ1) is 17.4. The number of carbonyl (C=O) groups excluding carboxylic acids is 2. The Bertz CT molecular complexity index is 989. The maximum absolute atomic E-state index is 13.7. The van der Waals surface area contributed by atoms with Crippen molar-refractivity contribution in [3.05, 3.63) is 34.8 Å². The van der Waals surface area contributed by atoms with E-state index in [1.165, 1.54) is 0 Å². The topological polar surface area (TPSA) is 112 Å². The number of Topliss-reactive ketones (excluding diaryl/α,β-unsaturated/α-hetero) is 1. The fourth-order valence-electron chi connectivity index (χ4n) is 5.33. The number of allylic oxidation sites excluding steroid dienone is 1. The molecule has 3 heterocycles. The van der Waals surface area contributed by atoms with Gasteiger partial charge in [0, 0.05) is 17.7 Å². The molecule has 1 amide bonds. The zero-order chi connectivity index (χ0) is 27.4. The highest BCUT2D eigenvalue weighted by atomic mass is 32.1. The Morgan fingerprint density at radius 1 is 1.30 bits per heavy atom. The van der Waals surface area contributed by atoms with Crippen molar-refractivity contribution < 1.29 is 24.5 Å². The quantitative estimate of drug-likeness (QED) is 0.377. The molecule has 2 saturated heterocycles. The highest BCUT2D eigenvalue weighted by Crippen LogP contribution is 2.44. The number of aliphatic hydroxyl groups excluding tert-OH is 2. The van der Waals surface area contributed by atoms with Gasteiger partial charge in [-0.1, -0.05) is 39.3 Å². The molecule has 1 aromatic heterocycles. The van der Waals surface area contributed by atoms with Gasteiger partial charge in [-0.3, -0.25) is 9.59 Å². The summed E-state index contributed by atoms with van der Waals surface area (Å²) in [5.74, 6) is -1.26. The Morgan fingerprint density at radius 2 is 2.03 bits per heavy atom. The minimum Gasteiger partial charge on any atom is -0.392 e. The molecular weight excluding hydrogens is 488 g/mol. The Hall–Kier alpha value is -1.87. The molecule has 0 aromatic carbocycles. The standard InChI is InChI=1S/C29H44N2O5S/c1-7-8-11-22-26(34)18(2)10-9-14-29(6)24(36-29)15-20(12-13-21-17-37-19(3)30-21)31-25(33)16-23(32)28(4,5)27(22)35/h7,12-13,17-18,20,22-24,26,32,34H,1,8-11,14-16H2,2-6H3,(H,31,33). The Labute approximate surface area is 225 Å². The van der Waals surface area contributed by atoms with Crippen LogP contribution in [-0.4, -0.2) is 56.8 Å². The van der Waals surface area contributed by atoms with E-state index >= 15 is 0 Å². The molecule has 0 bridgehead atoms. The lowest BCUT2D eigenvalue weighted by molar-refractivity contribution is -0.144. The van der Waals surface area contributed by atoms with Crippen LogP contribution in [0.3, 0.4) is 0 Å². The first kappa shape index (κ1) is 29.7.